The summed E-state index contributed by atoms with van der Waals surface area (Å²) in [7, 11) is 0. The summed E-state index contributed by atoms with van der Waals surface area (Å²) in [5.74, 6) is -0.434. The maximum Gasteiger partial charge on any atom is 0.349 e. The van der Waals surface area contributed by atoms with Gasteiger partial charge in [0.05, 0.1) is 6.61 Å². The van der Waals surface area contributed by atoms with E-state index in [1.54, 1.807) is 19.1 Å². The lowest BCUT2D eigenvalue weighted by molar-refractivity contribution is 0.0428. The number of aliphatic hydroxyl groups excluding tert-OH is 1. The summed E-state index contributed by atoms with van der Waals surface area (Å²) < 4.78 is 5.23. The third kappa shape index (κ3) is 2.41. The van der Waals surface area contributed by atoms with Gasteiger partial charge in [-0.25, -0.2) is 4.79 Å². The van der Waals surface area contributed by atoms with Crippen molar-refractivity contribution >= 4 is 16.9 Å². The number of benzene rings is 1. The van der Waals surface area contributed by atoms with Crippen LogP contribution in [0.4, 0.5) is 0 Å². The van der Waals surface area contributed by atoms with Crippen LogP contribution in [0.15, 0.2) is 33.5 Å². The Balaban J connectivity index is 1.89. The Hall–Kier alpha value is -2.14. The van der Waals surface area contributed by atoms with Crippen molar-refractivity contribution in [2.45, 2.75) is 26.2 Å². The van der Waals surface area contributed by atoms with E-state index in [2.05, 4.69) is 5.32 Å². The van der Waals surface area contributed by atoms with Crippen molar-refractivity contribution in [3.63, 3.8) is 0 Å². The molecule has 0 spiro atoms. The molecule has 1 heterocycles. The van der Waals surface area contributed by atoms with Gasteiger partial charge in [0.1, 0.15) is 11.1 Å². The molecule has 116 valence electrons. The van der Waals surface area contributed by atoms with Crippen LogP contribution in [0, 0.1) is 12.3 Å². The minimum absolute atomic E-state index is 0.0473. The van der Waals surface area contributed by atoms with Crippen LogP contribution >= 0.6 is 0 Å². The first-order valence-electron chi connectivity index (χ1n) is 7.48. The molecule has 2 aromatic rings. The number of amides is 1. The van der Waals surface area contributed by atoms with Crippen molar-refractivity contribution in [1.82, 2.24) is 5.32 Å². The molecule has 1 aliphatic carbocycles. The summed E-state index contributed by atoms with van der Waals surface area (Å²) in [6, 6.07) is 7.16. The molecule has 1 aromatic carbocycles. The number of aryl methyl sites for hydroxylation is 1. The predicted octanol–water partition coefficient (Wildman–Crippen LogP) is 1.99. The lowest BCUT2D eigenvalue weighted by Crippen LogP contribution is -2.45. The first kappa shape index (κ1) is 14.8. The van der Waals surface area contributed by atoms with Gasteiger partial charge in [0.2, 0.25) is 0 Å². The number of nitrogens with one attached hydrogen (secondary N) is 1. The summed E-state index contributed by atoms with van der Waals surface area (Å²) in [6.45, 7) is 2.19. The van der Waals surface area contributed by atoms with Crippen LogP contribution in [0.2, 0.25) is 0 Å². The fourth-order valence-electron chi connectivity index (χ4n) is 2.99. The quantitative estimate of drug-likeness (QED) is 0.846. The summed E-state index contributed by atoms with van der Waals surface area (Å²) in [5, 5.41) is 13.0. The Morgan fingerprint density at radius 3 is 2.73 bits per heavy atom. The lowest BCUT2D eigenvalue weighted by atomic mass is 9.69. The molecule has 0 atom stereocenters. The standard InChI is InChI=1S/C17H19NO4/c1-11-12-5-2-3-6-13(12)22-16(21)14(11)15(20)18-9-17(10-19)7-4-8-17/h2-3,5-6,19H,4,7-10H2,1H3,(H,18,20). The van der Waals surface area contributed by atoms with Crippen LogP contribution in [0.3, 0.4) is 0 Å². The number of carbonyl (C=O) groups excluding carboxylic acids is 1. The molecule has 1 fully saturated rings. The number of rotatable bonds is 4. The van der Waals surface area contributed by atoms with E-state index in [4.69, 9.17) is 4.42 Å². The highest BCUT2D eigenvalue weighted by molar-refractivity contribution is 5.99. The van der Waals surface area contributed by atoms with Gasteiger partial charge in [-0.15, -0.1) is 0 Å². The smallest absolute Gasteiger partial charge is 0.349 e. The molecule has 5 nitrogen and oxygen atoms in total. The van der Waals surface area contributed by atoms with Crippen molar-refractivity contribution in [1.29, 1.82) is 0 Å². The minimum Gasteiger partial charge on any atom is -0.422 e. The average Bonchev–Trinajstić information content (AvgIpc) is 2.46. The monoisotopic (exact) mass is 301 g/mol. The molecule has 0 unspecified atom stereocenters. The van der Waals surface area contributed by atoms with Crippen LogP contribution in [-0.4, -0.2) is 24.2 Å². The molecule has 1 aliphatic rings. The average molecular weight is 301 g/mol. The van der Waals surface area contributed by atoms with Gasteiger partial charge in [-0.1, -0.05) is 24.6 Å². The highest BCUT2D eigenvalue weighted by atomic mass is 16.4. The van der Waals surface area contributed by atoms with E-state index in [-0.39, 0.29) is 17.6 Å². The zero-order valence-electron chi connectivity index (χ0n) is 12.5. The lowest BCUT2D eigenvalue weighted by Gasteiger charge is -2.40. The molecule has 22 heavy (non-hydrogen) atoms. The van der Waals surface area contributed by atoms with Crippen molar-refractivity contribution in [3.8, 4) is 0 Å². The Labute approximate surface area is 127 Å². The molecule has 1 aromatic heterocycles. The molecule has 2 N–H and O–H groups in total. The number of hydrogen-bond donors (Lipinski definition) is 2. The molecule has 0 bridgehead atoms. The number of aliphatic hydroxyl groups is 1. The van der Waals surface area contributed by atoms with E-state index in [0.717, 1.165) is 24.6 Å². The number of carbonyl (C=O) groups is 1. The molecule has 1 amide bonds. The molecule has 0 radical (unpaired) electrons. The second-order valence-electron chi connectivity index (χ2n) is 6.08. The van der Waals surface area contributed by atoms with E-state index in [1.165, 1.54) is 0 Å². The number of para-hydroxylation sites is 1. The topological polar surface area (TPSA) is 79.5 Å². The normalized spacial score (nSPS) is 16.3. The van der Waals surface area contributed by atoms with E-state index in [1.807, 2.05) is 12.1 Å². The largest absolute Gasteiger partial charge is 0.422 e. The van der Waals surface area contributed by atoms with Crippen molar-refractivity contribution in [3.05, 3.63) is 45.8 Å². The van der Waals surface area contributed by atoms with Gasteiger partial charge < -0.3 is 14.8 Å². The summed E-state index contributed by atoms with van der Waals surface area (Å²) in [6.07, 6.45) is 2.86. The van der Waals surface area contributed by atoms with E-state index >= 15 is 0 Å². The Morgan fingerprint density at radius 1 is 1.36 bits per heavy atom. The highest BCUT2D eigenvalue weighted by Gasteiger charge is 2.36. The van der Waals surface area contributed by atoms with Crippen LogP contribution < -0.4 is 10.9 Å². The molecule has 5 heteroatoms. The first-order chi connectivity index (χ1) is 10.6. The Kier molecular flexibility index (Phi) is 3.74. The van der Waals surface area contributed by atoms with E-state index < -0.39 is 11.5 Å². The van der Waals surface area contributed by atoms with Gasteiger partial charge in [-0.05, 0) is 31.4 Å². The molecule has 1 saturated carbocycles. The second kappa shape index (κ2) is 5.57. The maximum absolute atomic E-state index is 12.4. The zero-order chi connectivity index (χ0) is 15.7. The van der Waals surface area contributed by atoms with Gasteiger partial charge in [0.25, 0.3) is 5.91 Å². The van der Waals surface area contributed by atoms with Gasteiger partial charge >= 0.3 is 5.63 Å². The van der Waals surface area contributed by atoms with Crippen molar-refractivity contribution in [2.24, 2.45) is 5.41 Å². The van der Waals surface area contributed by atoms with Crippen LogP contribution in [-0.2, 0) is 0 Å². The fraction of sp³-hybridized carbons (Fsp3) is 0.412. The molecular weight excluding hydrogens is 282 g/mol. The van der Waals surface area contributed by atoms with Crippen molar-refractivity contribution in [2.75, 3.05) is 13.2 Å². The highest BCUT2D eigenvalue weighted by Crippen LogP contribution is 2.39. The van der Waals surface area contributed by atoms with Crippen LogP contribution in [0.1, 0.15) is 35.2 Å². The molecule has 0 saturated heterocycles. The van der Waals surface area contributed by atoms with E-state index in [0.29, 0.717) is 17.7 Å². The minimum atomic E-state index is -0.625. The maximum atomic E-state index is 12.4. The Morgan fingerprint density at radius 2 is 2.09 bits per heavy atom. The fourth-order valence-corrected chi connectivity index (χ4v) is 2.99. The first-order valence-corrected chi connectivity index (χ1v) is 7.48. The third-order valence-corrected chi connectivity index (χ3v) is 4.67. The molecule has 0 aliphatic heterocycles. The second-order valence-corrected chi connectivity index (χ2v) is 6.08. The third-order valence-electron chi connectivity index (χ3n) is 4.67. The summed E-state index contributed by atoms with van der Waals surface area (Å²) in [5.41, 5.74) is 0.301. The molecule has 3 rings (SSSR count). The van der Waals surface area contributed by atoms with Crippen LogP contribution in [0.25, 0.3) is 11.0 Å². The van der Waals surface area contributed by atoms with Gasteiger partial charge in [-0.3, -0.25) is 4.79 Å². The molecular formula is C17H19NO4. The Bertz CT molecular complexity index is 768. The number of fused-ring (bicyclic) bond motifs is 1. The van der Waals surface area contributed by atoms with Gasteiger partial charge in [0, 0.05) is 17.3 Å². The van der Waals surface area contributed by atoms with Gasteiger partial charge in [-0.2, -0.15) is 0 Å². The number of hydrogen-bond acceptors (Lipinski definition) is 4. The summed E-state index contributed by atoms with van der Waals surface area (Å²) in [4.78, 5) is 24.5. The van der Waals surface area contributed by atoms with Crippen molar-refractivity contribution < 1.29 is 14.3 Å². The predicted molar refractivity (Wildman–Crippen MR) is 82.9 cm³/mol. The summed E-state index contributed by atoms with van der Waals surface area (Å²) >= 11 is 0. The SMILES string of the molecule is Cc1c(C(=O)NCC2(CO)CCC2)c(=O)oc2ccccc12. The zero-order valence-corrected chi connectivity index (χ0v) is 12.5. The van der Waals surface area contributed by atoms with Crippen LogP contribution in [0.5, 0.6) is 0 Å². The van der Waals surface area contributed by atoms with E-state index in [9.17, 15) is 14.7 Å². The van der Waals surface area contributed by atoms with Gasteiger partial charge in [0.15, 0.2) is 0 Å².